The highest BCUT2D eigenvalue weighted by atomic mass is 35.5. The van der Waals surface area contributed by atoms with Crippen LogP contribution in [0.15, 0.2) is 24.3 Å². The standard InChI is InChI=1S/C19H25ClN2O2/c1-21(2)17(23)14-8-12-22(13-9-14)18(24)19(10-3-11-19)15-4-6-16(20)7-5-15/h4-7,14H,3,8-13H2,1-2H3. The summed E-state index contributed by atoms with van der Waals surface area (Å²) in [6.45, 7) is 1.36. The topological polar surface area (TPSA) is 40.6 Å². The molecule has 1 aromatic carbocycles. The van der Waals surface area contributed by atoms with Gasteiger partial charge in [0.1, 0.15) is 0 Å². The molecule has 0 aromatic heterocycles. The van der Waals surface area contributed by atoms with Crippen LogP contribution in [0.4, 0.5) is 0 Å². The molecule has 1 aromatic rings. The van der Waals surface area contributed by atoms with Gasteiger partial charge in [0.25, 0.3) is 0 Å². The summed E-state index contributed by atoms with van der Waals surface area (Å²) in [5, 5.41) is 0.698. The Kier molecular flexibility index (Phi) is 4.86. The number of benzene rings is 1. The van der Waals surface area contributed by atoms with Crippen molar-refractivity contribution in [1.82, 2.24) is 9.80 Å². The Labute approximate surface area is 148 Å². The second-order valence-electron chi connectivity index (χ2n) is 7.24. The number of likely N-dealkylation sites (tertiary alicyclic amines) is 1. The average Bonchev–Trinajstić information content (AvgIpc) is 2.55. The van der Waals surface area contributed by atoms with E-state index in [4.69, 9.17) is 11.6 Å². The molecule has 0 radical (unpaired) electrons. The predicted molar refractivity (Wildman–Crippen MR) is 95.0 cm³/mol. The van der Waals surface area contributed by atoms with Crippen LogP contribution in [0, 0.1) is 5.92 Å². The van der Waals surface area contributed by atoms with Crippen LogP contribution < -0.4 is 0 Å². The number of nitrogens with zero attached hydrogens (tertiary/aromatic N) is 2. The molecule has 3 rings (SSSR count). The van der Waals surface area contributed by atoms with Crippen LogP contribution in [0.2, 0.25) is 5.02 Å². The van der Waals surface area contributed by atoms with E-state index >= 15 is 0 Å². The van der Waals surface area contributed by atoms with Crippen molar-refractivity contribution in [2.24, 2.45) is 5.92 Å². The van der Waals surface area contributed by atoms with Gasteiger partial charge in [-0.3, -0.25) is 9.59 Å². The van der Waals surface area contributed by atoms with Crippen molar-refractivity contribution >= 4 is 23.4 Å². The first kappa shape index (κ1) is 17.3. The Morgan fingerprint density at radius 3 is 2.17 bits per heavy atom. The molecule has 1 aliphatic carbocycles. The first-order valence-corrected chi connectivity index (χ1v) is 9.08. The fourth-order valence-corrected chi connectivity index (χ4v) is 4.05. The van der Waals surface area contributed by atoms with E-state index in [9.17, 15) is 9.59 Å². The fourth-order valence-electron chi connectivity index (χ4n) is 3.92. The minimum absolute atomic E-state index is 0.0527. The van der Waals surface area contributed by atoms with Gasteiger partial charge in [0.15, 0.2) is 0 Å². The molecule has 0 unspecified atom stereocenters. The van der Waals surface area contributed by atoms with Crippen LogP contribution in [0.5, 0.6) is 0 Å². The first-order chi connectivity index (χ1) is 11.4. The normalized spacial score (nSPS) is 20.4. The van der Waals surface area contributed by atoms with Crippen molar-refractivity contribution in [2.45, 2.75) is 37.5 Å². The number of hydrogen-bond donors (Lipinski definition) is 0. The van der Waals surface area contributed by atoms with E-state index < -0.39 is 0 Å². The Hall–Kier alpha value is -1.55. The Bertz CT molecular complexity index is 615. The molecule has 2 fully saturated rings. The lowest BCUT2D eigenvalue weighted by atomic mass is 9.63. The Morgan fingerprint density at radius 1 is 1.12 bits per heavy atom. The van der Waals surface area contributed by atoms with Gasteiger partial charge < -0.3 is 9.80 Å². The van der Waals surface area contributed by atoms with E-state index in [2.05, 4.69) is 0 Å². The van der Waals surface area contributed by atoms with E-state index in [1.165, 1.54) is 0 Å². The summed E-state index contributed by atoms with van der Waals surface area (Å²) in [6.07, 6.45) is 4.43. The molecule has 1 aliphatic heterocycles. The third-order valence-electron chi connectivity index (χ3n) is 5.59. The van der Waals surface area contributed by atoms with Crippen molar-refractivity contribution in [3.05, 3.63) is 34.9 Å². The SMILES string of the molecule is CN(C)C(=O)C1CCN(C(=O)C2(c3ccc(Cl)cc3)CCC2)CC1. The highest BCUT2D eigenvalue weighted by Crippen LogP contribution is 2.46. The molecule has 0 bridgehead atoms. The zero-order valence-corrected chi connectivity index (χ0v) is 15.2. The summed E-state index contributed by atoms with van der Waals surface area (Å²) < 4.78 is 0. The molecule has 0 spiro atoms. The van der Waals surface area contributed by atoms with Crippen LogP contribution in [-0.4, -0.2) is 48.8 Å². The van der Waals surface area contributed by atoms with E-state index in [0.29, 0.717) is 18.1 Å². The lowest BCUT2D eigenvalue weighted by Crippen LogP contribution is -2.53. The second-order valence-corrected chi connectivity index (χ2v) is 7.68. The van der Waals surface area contributed by atoms with Crippen molar-refractivity contribution in [3.63, 3.8) is 0 Å². The van der Waals surface area contributed by atoms with Crippen molar-refractivity contribution in [3.8, 4) is 0 Å². The maximum Gasteiger partial charge on any atom is 0.233 e. The maximum atomic E-state index is 13.2. The quantitative estimate of drug-likeness (QED) is 0.842. The molecule has 5 heteroatoms. The number of amides is 2. The van der Waals surface area contributed by atoms with Gasteiger partial charge in [0.2, 0.25) is 11.8 Å². The number of rotatable bonds is 3. The zero-order valence-electron chi connectivity index (χ0n) is 14.4. The molecular formula is C19H25ClN2O2. The highest BCUT2D eigenvalue weighted by molar-refractivity contribution is 6.30. The average molecular weight is 349 g/mol. The number of hydrogen-bond acceptors (Lipinski definition) is 2. The molecule has 0 N–H and O–H groups in total. The van der Waals surface area contributed by atoms with Crippen LogP contribution in [-0.2, 0) is 15.0 Å². The first-order valence-electron chi connectivity index (χ1n) is 8.70. The molecule has 0 atom stereocenters. The second kappa shape index (κ2) is 6.75. The Morgan fingerprint density at radius 2 is 1.71 bits per heavy atom. The largest absolute Gasteiger partial charge is 0.349 e. The van der Waals surface area contributed by atoms with E-state index in [0.717, 1.165) is 37.7 Å². The summed E-state index contributed by atoms with van der Waals surface area (Å²) >= 11 is 5.99. The number of halogens is 1. The zero-order chi connectivity index (χ0) is 17.3. The summed E-state index contributed by atoms with van der Waals surface area (Å²) in [5.74, 6) is 0.460. The molecule has 1 heterocycles. The molecule has 130 valence electrons. The minimum atomic E-state index is -0.372. The van der Waals surface area contributed by atoms with Crippen molar-refractivity contribution in [2.75, 3.05) is 27.2 Å². The van der Waals surface area contributed by atoms with Crippen molar-refractivity contribution in [1.29, 1.82) is 0 Å². The van der Waals surface area contributed by atoms with Gasteiger partial charge in [0.05, 0.1) is 5.41 Å². The van der Waals surface area contributed by atoms with Gasteiger partial charge in [-0.05, 0) is 43.4 Å². The molecule has 2 amide bonds. The smallest absolute Gasteiger partial charge is 0.233 e. The van der Waals surface area contributed by atoms with E-state index in [1.54, 1.807) is 19.0 Å². The number of carbonyl (C=O) groups is 2. The number of piperidine rings is 1. The van der Waals surface area contributed by atoms with E-state index in [-0.39, 0.29) is 23.1 Å². The van der Waals surface area contributed by atoms with E-state index in [1.807, 2.05) is 29.2 Å². The number of carbonyl (C=O) groups excluding carboxylic acids is 2. The van der Waals surface area contributed by atoms with Gasteiger partial charge in [-0.2, -0.15) is 0 Å². The predicted octanol–water partition coefficient (Wildman–Crippen LogP) is 3.09. The third kappa shape index (κ3) is 3.04. The van der Waals surface area contributed by atoms with Gasteiger partial charge in [-0.15, -0.1) is 0 Å². The lowest BCUT2D eigenvalue weighted by molar-refractivity contribution is -0.145. The van der Waals surface area contributed by atoms with Crippen LogP contribution in [0.3, 0.4) is 0 Å². The third-order valence-corrected chi connectivity index (χ3v) is 5.84. The molecule has 24 heavy (non-hydrogen) atoms. The molecular weight excluding hydrogens is 324 g/mol. The lowest BCUT2D eigenvalue weighted by Gasteiger charge is -2.45. The summed E-state index contributed by atoms with van der Waals surface area (Å²) in [4.78, 5) is 28.9. The summed E-state index contributed by atoms with van der Waals surface area (Å²) in [7, 11) is 3.59. The van der Waals surface area contributed by atoms with Gasteiger partial charge >= 0.3 is 0 Å². The molecule has 4 nitrogen and oxygen atoms in total. The van der Waals surface area contributed by atoms with Gasteiger partial charge in [-0.25, -0.2) is 0 Å². The van der Waals surface area contributed by atoms with Crippen LogP contribution in [0.1, 0.15) is 37.7 Å². The summed E-state index contributed by atoms with van der Waals surface area (Å²) in [5.41, 5.74) is 0.706. The Balaban J connectivity index is 1.70. The van der Waals surface area contributed by atoms with Crippen LogP contribution >= 0.6 is 11.6 Å². The van der Waals surface area contributed by atoms with Crippen molar-refractivity contribution < 1.29 is 9.59 Å². The van der Waals surface area contributed by atoms with Crippen LogP contribution in [0.25, 0.3) is 0 Å². The summed E-state index contributed by atoms with van der Waals surface area (Å²) in [6, 6.07) is 7.71. The maximum absolute atomic E-state index is 13.2. The molecule has 2 aliphatic rings. The fraction of sp³-hybridized carbons (Fsp3) is 0.579. The van der Waals surface area contributed by atoms with Gasteiger partial charge in [0, 0.05) is 38.1 Å². The highest BCUT2D eigenvalue weighted by Gasteiger charge is 2.48. The molecule has 1 saturated carbocycles. The monoisotopic (exact) mass is 348 g/mol. The minimum Gasteiger partial charge on any atom is -0.349 e. The van der Waals surface area contributed by atoms with Gasteiger partial charge in [-0.1, -0.05) is 30.2 Å². The molecule has 1 saturated heterocycles.